The van der Waals surface area contributed by atoms with Gasteiger partial charge in [0.25, 0.3) is 5.91 Å². The zero-order valence-corrected chi connectivity index (χ0v) is 26.2. The molecule has 0 saturated carbocycles. The van der Waals surface area contributed by atoms with Crippen LogP contribution < -0.4 is 20.7 Å². The number of nitrogens with one attached hydrogen (secondary N) is 3. The molecule has 234 valence electrons. The van der Waals surface area contributed by atoms with Crippen molar-refractivity contribution in [1.29, 1.82) is 0 Å². The third kappa shape index (κ3) is 5.53. The molecule has 11 heteroatoms. The quantitative estimate of drug-likeness (QED) is 0.309. The van der Waals surface area contributed by atoms with E-state index in [0.717, 1.165) is 72.4 Å². The molecule has 3 aromatic heterocycles. The molecule has 5 heterocycles. The van der Waals surface area contributed by atoms with Crippen LogP contribution in [0, 0.1) is 5.41 Å². The van der Waals surface area contributed by atoms with Crippen molar-refractivity contribution in [3.8, 4) is 17.3 Å². The van der Waals surface area contributed by atoms with Gasteiger partial charge in [0.15, 0.2) is 5.82 Å². The minimum atomic E-state index is -1.13. The van der Waals surface area contributed by atoms with E-state index in [-0.39, 0.29) is 24.4 Å². The number of hydrogen-bond acceptors (Lipinski definition) is 6. The Morgan fingerprint density at radius 2 is 1.91 bits per heavy atom. The lowest BCUT2D eigenvalue weighted by atomic mass is 9.85. The van der Waals surface area contributed by atoms with Crippen molar-refractivity contribution in [3.63, 3.8) is 0 Å². The molecule has 1 aromatic carbocycles. The van der Waals surface area contributed by atoms with E-state index in [0.29, 0.717) is 23.4 Å². The molecule has 1 fully saturated rings. The number of ether oxygens (including phenoxy) is 1. The molecule has 44 heavy (non-hydrogen) atoms. The van der Waals surface area contributed by atoms with E-state index in [1.165, 1.54) is 0 Å². The number of benzene rings is 1. The molecule has 0 unspecified atom stereocenters. The standard InChI is InChI=1S/C33H42FN7O3/c1-19-23-11-10-20-15-26(41(29(20)37-23)13-9-7-6-8-12-33(2,3)32(43)36-19)30-38-24-14-21(16-27(44-5)28(24)40(30)4)31(42)39-25-18-35-17-22(25)34/h10-11,14-16,19,22,25,35H,6-9,12-13,17-18H2,1-5H3,(H,36,43)(H,39,42)/t19-,22-,25-/m1/s1. The zero-order valence-electron chi connectivity index (χ0n) is 26.2. The third-order valence-corrected chi connectivity index (χ3v) is 9.21. The molecule has 2 amide bonds. The average Bonchev–Trinajstić information content (AvgIpc) is 3.68. The lowest BCUT2D eigenvalue weighted by Gasteiger charge is -2.26. The first-order valence-electron chi connectivity index (χ1n) is 15.6. The van der Waals surface area contributed by atoms with E-state index in [9.17, 15) is 14.0 Å². The van der Waals surface area contributed by atoms with Crippen molar-refractivity contribution in [2.24, 2.45) is 12.5 Å². The van der Waals surface area contributed by atoms with Crippen molar-refractivity contribution in [2.75, 3.05) is 20.2 Å². The molecule has 2 aliphatic rings. The van der Waals surface area contributed by atoms with Crippen LogP contribution in [-0.2, 0) is 18.4 Å². The van der Waals surface area contributed by atoms with Gasteiger partial charge in [0.2, 0.25) is 5.91 Å². The van der Waals surface area contributed by atoms with E-state index in [2.05, 4.69) is 32.7 Å². The fraction of sp³-hybridized carbons (Fsp3) is 0.515. The molecule has 3 atom stereocenters. The van der Waals surface area contributed by atoms with Crippen molar-refractivity contribution in [2.45, 2.75) is 77.7 Å². The van der Waals surface area contributed by atoms with E-state index >= 15 is 0 Å². The topological polar surface area (TPSA) is 115 Å². The van der Waals surface area contributed by atoms with Gasteiger partial charge in [-0.25, -0.2) is 14.4 Å². The molecule has 2 bridgehead atoms. The van der Waals surface area contributed by atoms with E-state index in [1.54, 1.807) is 19.2 Å². The molecule has 0 spiro atoms. The summed E-state index contributed by atoms with van der Waals surface area (Å²) in [6, 6.07) is 8.74. The third-order valence-electron chi connectivity index (χ3n) is 9.21. The van der Waals surface area contributed by atoms with Gasteiger partial charge in [0, 0.05) is 43.0 Å². The highest BCUT2D eigenvalue weighted by atomic mass is 19.1. The van der Waals surface area contributed by atoms with Crippen LogP contribution in [0.15, 0.2) is 30.3 Å². The van der Waals surface area contributed by atoms with Crippen molar-refractivity contribution in [1.82, 2.24) is 35.1 Å². The number of methoxy groups -OCH3 is 1. The summed E-state index contributed by atoms with van der Waals surface area (Å²) in [6.45, 7) is 7.40. The second kappa shape index (κ2) is 11.8. The van der Waals surface area contributed by atoms with E-state index < -0.39 is 17.6 Å². The predicted molar refractivity (Wildman–Crippen MR) is 168 cm³/mol. The summed E-state index contributed by atoms with van der Waals surface area (Å²) < 4.78 is 24.1. The molecule has 10 nitrogen and oxygen atoms in total. The van der Waals surface area contributed by atoms with Crippen LogP contribution in [-0.4, -0.2) is 63.3 Å². The maximum atomic E-state index is 14.2. The maximum absolute atomic E-state index is 14.2. The molecule has 2 aliphatic heterocycles. The van der Waals surface area contributed by atoms with Crippen LogP contribution in [0.25, 0.3) is 33.6 Å². The monoisotopic (exact) mass is 603 g/mol. The Kier molecular flexibility index (Phi) is 8.08. The van der Waals surface area contributed by atoms with Gasteiger partial charge in [-0.1, -0.05) is 33.1 Å². The number of aromatic nitrogens is 4. The smallest absolute Gasteiger partial charge is 0.251 e. The fourth-order valence-electron chi connectivity index (χ4n) is 6.43. The Hall–Kier alpha value is -3.99. The Labute approximate surface area is 256 Å². The number of pyridine rings is 1. The normalized spacial score (nSPS) is 22.7. The van der Waals surface area contributed by atoms with Crippen molar-refractivity contribution < 1.29 is 18.7 Å². The second-order valence-corrected chi connectivity index (χ2v) is 12.9. The maximum Gasteiger partial charge on any atom is 0.251 e. The van der Waals surface area contributed by atoms with Crippen LogP contribution in [0.2, 0.25) is 0 Å². The molecule has 1 saturated heterocycles. The Morgan fingerprint density at radius 3 is 2.66 bits per heavy atom. The van der Waals surface area contributed by atoms with Gasteiger partial charge >= 0.3 is 0 Å². The van der Waals surface area contributed by atoms with Crippen LogP contribution >= 0.6 is 0 Å². The van der Waals surface area contributed by atoms with Crippen molar-refractivity contribution >= 4 is 33.9 Å². The number of halogens is 1. The van der Waals surface area contributed by atoms with Crippen molar-refractivity contribution in [3.05, 3.63) is 41.6 Å². The number of nitrogens with zero attached hydrogens (tertiary/aromatic N) is 4. The molecular weight excluding hydrogens is 561 g/mol. The number of amides is 2. The van der Waals surface area contributed by atoms with Gasteiger partial charge in [0.05, 0.1) is 36.1 Å². The van der Waals surface area contributed by atoms with E-state index in [4.69, 9.17) is 14.7 Å². The SMILES string of the molecule is COc1cc(C(=O)N[C@@H]2CNC[C@H]2F)cc2nc(-c3cc4ccc5nc4n3CCCCCCC(C)(C)C(=O)N[C@@H]5C)n(C)c12. The summed E-state index contributed by atoms with van der Waals surface area (Å²) >= 11 is 0. The van der Waals surface area contributed by atoms with Gasteiger partial charge in [-0.3, -0.25) is 9.59 Å². The summed E-state index contributed by atoms with van der Waals surface area (Å²) in [6.07, 6.45) is 3.76. The Bertz CT molecular complexity index is 1730. The summed E-state index contributed by atoms with van der Waals surface area (Å²) in [5, 5.41) is 9.94. The number of rotatable bonds is 4. The molecule has 6 rings (SSSR count). The fourth-order valence-corrected chi connectivity index (χ4v) is 6.43. The predicted octanol–water partition coefficient (Wildman–Crippen LogP) is 4.81. The molecule has 4 aromatic rings. The van der Waals surface area contributed by atoms with Gasteiger partial charge in [-0.05, 0) is 50.1 Å². The zero-order chi connectivity index (χ0) is 31.2. The van der Waals surface area contributed by atoms with Gasteiger partial charge in [-0.15, -0.1) is 0 Å². The lowest BCUT2D eigenvalue weighted by Crippen LogP contribution is -2.41. The number of alkyl halides is 1. The van der Waals surface area contributed by atoms with E-state index in [1.807, 2.05) is 38.5 Å². The average molecular weight is 604 g/mol. The minimum Gasteiger partial charge on any atom is -0.494 e. The summed E-state index contributed by atoms with van der Waals surface area (Å²) in [5.74, 6) is 0.923. The molecule has 0 radical (unpaired) electrons. The summed E-state index contributed by atoms with van der Waals surface area (Å²) in [7, 11) is 3.51. The van der Waals surface area contributed by atoms with Crippen LogP contribution in [0.5, 0.6) is 5.75 Å². The number of carbonyl (C=O) groups excluding carboxylic acids is 2. The van der Waals surface area contributed by atoms with Crippen LogP contribution in [0.1, 0.15) is 75.0 Å². The highest BCUT2D eigenvalue weighted by Crippen LogP contribution is 2.35. The number of fused-ring (bicyclic) bond motifs is 2. The first kappa shape index (κ1) is 30.1. The largest absolute Gasteiger partial charge is 0.494 e. The number of imidazole rings is 1. The van der Waals surface area contributed by atoms with Crippen LogP contribution in [0.3, 0.4) is 0 Å². The molecule has 0 aliphatic carbocycles. The molecule has 3 N–H and O–H groups in total. The minimum absolute atomic E-state index is 0.0474. The number of carbonyl (C=O) groups is 2. The van der Waals surface area contributed by atoms with Gasteiger partial charge < -0.3 is 29.8 Å². The molecular formula is C33H42FN7O3. The highest BCUT2D eigenvalue weighted by molar-refractivity contribution is 6.00. The first-order valence-corrected chi connectivity index (χ1v) is 15.6. The Balaban J connectivity index is 1.42. The van der Waals surface area contributed by atoms with Crippen LogP contribution in [0.4, 0.5) is 4.39 Å². The highest BCUT2D eigenvalue weighted by Gasteiger charge is 2.30. The number of aryl methyl sites for hydroxylation is 2. The first-order chi connectivity index (χ1) is 21.1. The second-order valence-electron chi connectivity index (χ2n) is 12.9. The Morgan fingerprint density at radius 1 is 1.11 bits per heavy atom. The summed E-state index contributed by atoms with van der Waals surface area (Å²) in [5.41, 5.74) is 3.88. The summed E-state index contributed by atoms with van der Waals surface area (Å²) in [4.78, 5) is 36.3. The van der Waals surface area contributed by atoms with Gasteiger partial charge in [-0.2, -0.15) is 0 Å². The van der Waals surface area contributed by atoms with Gasteiger partial charge in [0.1, 0.15) is 23.1 Å². The lowest BCUT2D eigenvalue weighted by molar-refractivity contribution is -0.130. The number of hydrogen-bond donors (Lipinski definition) is 3.